The Morgan fingerprint density at radius 3 is 2.48 bits per heavy atom. The fourth-order valence-corrected chi connectivity index (χ4v) is 3.04. The summed E-state index contributed by atoms with van der Waals surface area (Å²) in [4.78, 5) is 23.8. The number of hydrogen-bond donors (Lipinski definition) is 2. The van der Waals surface area contributed by atoms with Crippen LogP contribution in [-0.2, 0) is 16.2 Å². The summed E-state index contributed by atoms with van der Waals surface area (Å²) in [5.41, 5.74) is 5.25. The van der Waals surface area contributed by atoms with Crippen LogP contribution in [0.5, 0.6) is 5.75 Å². The second-order valence-corrected chi connectivity index (χ2v) is 7.46. The van der Waals surface area contributed by atoms with Crippen molar-refractivity contribution in [2.75, 3.05) is 5.32 Å². The van der Waals surface area contributed by atoms with Crippen LogP contribution in [0.4, 0.5) is 5.69 Å². The molecule has 3 rings (SSSR count). The lowest BCUT2D eigenvalue weighted by Gasteiger charge is -2.08. The van der Waals surface area contributed by atoms with E-state index in [1.807, 2.05) is 19.1 Å². The third-order valence-electron chi connectivity index (χ3n) is 4.15. The molecule has 0 saturated heterocycles. The molecule has 0 unspecified atom stereocenters. The van der Waals surface area contributed by atoms with E-state index in [4.69, 9.17) is 27.9 Å². The molecule has 2 amide bonds. The van der Waals surface area contributed by atoms with Gasteiger partial charge in [-0.2, -0.15) is 5.10 Å². The van der Waals surface area contributed by atoms with Gasteiger partial charge in [-0.3, -0.25) is 9.59 Å². The zero-order chi connectivity index (χ0) is 22.2. The van der Waals surface area contributed by atoms with Crippen molar-refractivity contribution in [2.45, 2.75) is 13.5 Å². The SMILES string of the molecule is Cc1cccc(NC(=O)C(=O)N/N=C\c2ccc(OCc3ccc(Cl)cc3Cl)cc2)c1. The van der Waals surface area contributed by atoms with Gasteiger partial charge >= 0.3 is 11.8 Å². The predicted octanol–water partition coefficient (Wildman–Crippen LogP) is 4.97. The molecule has 0 saturated carbocycles. The predicted molar refractivity (Wildman–Crippen MR) is 123 cm³/mol. The topological polar surface area (TPSA) is 79.8 Å². The fourth-order valence-electron chi connectivity index (χ4n) is 2.58. The minimum absolute atomic E-state index is 0.301. The van der Waals surface area contributed by atoms with E-state index in [0.29, 0.717) is 28.1 Å². The summed E-state index contributed by atoms with van der Waals surface area (Å²) in [6, 6.07) is 19.4. The average molecular weight is 456 g/mol. The molecular weight excluding hydrogens is 437 g/mol. The molecular formula is C23H19Cl2N3O3. The van der Waals surface area contributed by atoms with Gasteiger partial charge in [0.05, 0.1) is 6.21 Å². The van der Waals surface area contributed by atoms with Crippen LogP contribution in [0, 0.1) is 6.92 Å². The summed E-state index contributed by atoms with van der Waals surface area (Å²) in [7, 11) is 0. The second-order valence-electron chi connectivity index (χ2n) is 6.62. The van der Waals surface area contributed by atoms with Gasteiger partial charge in [-0.25, -0.2) is 5.43 Å². The van der Waals surface area contributed by atoms with Gasteiger partial charge in [0, 0.05) is 21.3 Å². The van der Waals surface area contributed by atoms with Crippen LogP contribution in [0.15, 0.2) is 71.8 Å². The van der Waals surface area contributed by atoms with Gasteiger partial charge in [0.1, 0.15) is 12.4 Å². The third kappa shape index (κ3) is 6.84. The van der Waals surface area contributed by atoms with Gasteiger partial charge in [-0.15, -0.1) is 0 Å². The standard InChI is InChI=1S/C23H19Cl2N3O3/c1-15-3-2-4-19(11-15)27-22(29)23(30)28-26-13-16-5-9-20(10-6-16)31-14-17-7-8-18(24)12-21(17)25/h2-13H,14H2,1H3,(H,27,29)(H,28,30)/b26-13-. The van der Waals surface area contributed by atoms with Gasteiger partial charge in [-0.1, -0.05) is 41.4 Å². The van der Waals surface area contributed by atoms with Crippen molar-refractivity contribution in [1.29, 1.82) is 0 Å². The number of rotatable bonds is 6. The third-order valence-corrected chi connectivity index (χ3v) is 4.74. The summed E-state index contributed by atoms with van der Waals surface area (Å²) in [6.45, 7) is 2.19. The highest BCUT2D eigenvalue weighted by Gasteiger charge is 2.12. The van der Waals surface area contributed by atoms with E-state index in [-0.39, 0.29) is 0 Å². The Kier molecular flexibility index (Phi) is 7.65. The molecule has 0 spiro atoms. The second kappa shape index (κ2) is 10.6. The number of nitrogens with one attached hydrogen (secondary N) is 2. The van der Waals surface area contributed by atoms with E-state index < -0.39 is 11.8 Å². The van der Waals surface area contributed by atoms with Crippen LogP contribution < -0.4 is 15.5 Å². The minimum Gasteiger partial charge on any atom is -0.489 e. The molecule has 8 heteroatoms. The van der Waals surface area contributed by atoms with Crippen LogP contribution in [-0.4, -0.2) is 18.0 Å². The zero-order valence-corrected chi connectivity index (χ0v) is 18.1. The number of amides is 2. The molecule has 3 aromatic rings. The first kappa shape index (κ1) is 22.3. The summed E-state index contributed by atoms with van der Waals surface area (Å²) in [5.74, 6) is -1.02. The molecule has 0 aliphatic carbocycles. The van der Waals surface area contributed by atoms with E-state index in [0.717, 1.165) is 16.7 Å². The molecule has 3 aromatic carbocycles. The van der Waals surface area contributed by atoms with Crippen LogP contribution in [0.2, 0.25) is 10.0 Å². The molecule has 0 bridgehead atoms. The van der Waals surface area contributed by atoms with Crippen molar-refractivity contribution in [3.63, 3.8) is 0 Å². The van der Waals surface area contributed by atoms with Crippen LogP contribution >= 0.6 is 23.2 Å². The van der Waals surface area contributed by atoms with E-state index in [1.54, 1.807) is 54.6 Å². The molecule has 0 aliphatic heterocycles. The molecule has 0 aromatic heterocycles. The maximum atomic E-state index is 11.9. The van der Waals surface area contributed by atoms with Gasteiger partial charge in [0.15, 0.2) is 0 Å². The molecule has 0 fully saturated rings. The molecule has 0 atom stereocenters. The number of halogens is 2. The summed E-state index contributed by atoms with van der Waals surface area (Å²) < 4.78 is 5.71. The van der Waals surface area contributed by atoms with Crippen molar-refractivity contribution in [1.82, 2.24) is 5.43 Å². The first-order valence-electron chi connectivity index (χ1n) is 9.28. The van der Waals surface area contributed by atoms with E-state index in [1.165, 1.54) is 6.21 Å². The van der Waals surface area contributed by atoms with Gasteiger partial charge in [-0.05, 0) is 66.6 Å². The Hall–Kier alpha value is -3.35. The average Bonchev–Trinajstić information content (AvgIpc) is 2.74. The number of ether oxygens (including phenoxy) is 1. The van der Waals surface area contributed by atoms with E-state index >= 15 is 0 Å². The van der Waals surface area contributed by atoms with Crippen molar-refractivity contribution in [3.05, 3.63) is 93.5 Å². The quantitative estimate of drug-likeness (QED) is 0.312. The Morgan fingerprint density at radius 2 is 1.77 bits per heavy atom. The lowest BCUT2D eigenvalue weighted by Crippen LogP contribution is -2.32. The van der Waals surface area contributed by atoms with Crippen LogP contribution in [0.25, 0.3) is 0 Å². The number of carbonyl (C=O) groups is 2. The number of benzene rings is 3. The first-order chi connectivity index (χ1) is 14.9. The Morgan fingerprint density at radius 1 is 1.00 bits per heavy atom. The van der Waals surface area contributed by atoms with Crippen LogP contribution in [0.3, 0.4) is 0 Å². The molecule has 158 valence electrons. The van der Waals surface area contributed by atoms with Crippen molar-refractivity contribution in [3.8, 4) is 5.75 Å². The fraction of sp³-hybridized carbons (Fsp3) is 0.0870. The molecule has 0 aliphatic rings. The Balaban J connectivity index is 1.48. The number of nitrogens with zero attached hydrogens (tertiary/aromatic N) is 1. The highest BCUT2D eigenvalue weighted by Crippen LogP contribution is 2.22. The first-order valence-corrected chi connectivity index (χ1v) is 10.0. The highest BCUT2D eigenvalue weighted by atomic mass is 35.5. The van der Waals surface area contributed by atoms with Gasteiger partial charge < -0.3 is 10.1 Å². The molecule has 6 nitrogen and oxygen atoms in total. The normalized spacial score (nSPS) is 10.7. The smallest absolute Gasteiger partial charge is 0.329 e. The van der Waals surface area contributed by atoms with E-state index in [2.05, 4.69) is 15.8 Å². The lowest BCUT2D eigenvalue weighted by molar-refractivity contribution is -0.136. The molecule has 2 N–H and O–H groups in total. The zero-order valence-electron chi connectivity index (χ0n) is 16.6. The number of hydrogen-bond acceptors (Lipinski definition) is 4. The molecule has 0 radical (unpaired) electrons. The number of carbonyl (C=O) groups excluding carboxylic acids is 2. The summed E-state index contributed by atoms with van der Waals surface area (Å²) >= 11 is 12.0. The highest BCUT2D eigenvalue weighted by molar-refractivity contribution is 6.39. The van der Waals surface area contributed by atoms with E-state index in [9.17, 15) is 9.59 Å². The summed E-state index contributed by atoms with van der Waals surface area (Å²) in [6.07, 6.45) is 1.43. The Bertz CT molecular complexity index is 1120. The van der Waals surface area contributed by atoms with Gasteiger partial charge in [0.25, 0.3) is 0 Å². The Labute approximate surface area is 189 Å². The van der Waals surface area contributed by atoms with Crippen molar-refractivity contribution in [2.24, 2.45) is 5.10 Å². The van der Waals surface area contributed by atoms with Gasteiger partial charge in [0.2, 0.25) is 0 Å². The van der Waals surface area contributed by atoms with Crippen molar-refractivity contribution >= 4 is 46.9 Å². The number of anilines is 1. The molecule has 31 heavy (non-hydrogen) atoms. The number of aryl methyl sites for hydroxylation is 1. The van der Waals surface area contributed by atoms with Crippen LogP contribution in [0.1, 0.15) is 16.7 Å². The molecule has 0 heterocycles. The number of hydrazone groups is 1. The monoisotopic (exact) mass is 455 g/mol. The minimum atomic E-state index is -0.863. The maximum Gasteiger partial charge on any atom is 0.329 e. The summed E-state index contributed by atoms with van der Waals surface area (Å²) in [5, 5.41) is 7.43. The lowest BCUT2D eigenvalue weighted by atomic mass is 10.2. The van der Waals surface area contributed by atoms with Crippen molar-refractivity contribution < 1.29 is 14.3 Å². The maximum absolute atomic E-state index is 11.9. The largest absolute Gasteiger partial charge is 0.489 e.